The van der Waals surface area contributed by atoms with Gasteiger partial charge in [0.25, 0.3) is 0 Å². The van der Waals surface area contributed by atoms with Gasteiger partial charge in [-0.05, 0) is 61.4 Å². The van der Waals surface area contributed by atoms with Crippen molar-refractivity contribution < 1.29 is 0 Å². The van der Waals surface area contributed by atoms with Crippen molar-refractivity contribution in [1.29, 1.82) is 0 Å². The topological polar surface area (TPSA) is 101 Å². The van der Waals surface area contributed by atoms with E-state index in [4.69, 9.17) is 17.3 Å². The summed E-state index contributed by atoms with van der Waals surface area (Å²) in [6.07, 6.45) is 4.49. The highest BCUT2D eigenvalue weighted by Crippen LogP contribution is 2.27. The molecule has 0 amide bonds. The molecule has 2 aromatic heterocycles. The maximum atomic E-state index is 6.08. The fraction of sp³-hybridized carbons (Fsp3) is 0.192. The molecule has 8 heteroatoms. The molecule has 0 aliphatic heterocycles. The third-order valence-electron chi connectivity index (χ3n) is 5.38. The first-order valence-electron chi connectivity index (χ1n) is 11.2. The molecule has 0 saturated carbocycles. The molecule has 0 atom stereocenters. The zero-order valence-corrected chi connectivity index (χ0v) is 19.8. The fourth-order valence-corrected chi connectivity index (χ4v) is 3.73. The summed E-state index contributed by atoms with van der Waals surface area (Å²) >= 11 is 6.08. The number of nitrogens with two attached hydrogens (primary N) is 1. The molecule has 7 nitrogen and oxygen atoms in total. The summed E-state index contributed by atoms with van der Waals surface area (Å²) in [6.45, 7) is 4.27. The number of anilines is 4. The maximum absolute atomic E-state index is 6.08. The van der Waals surface area contributed by atoms with Crippen LogP contribution in [0.1, 0.15) is 17.5 Å². The Balaban J connectivity index is 1.36. The summed E-state index contributed by atoms with van der Waals surface area (Å²) in [5.41, 5.74) is 11.6. The van der Waals surface area contributed by atoms with Crippen molar-refractivity contribution in [3.05, 3.63) is 89.2 Å². The van der Waals surface area contributed by atoms with Crippen LogP contribution in [0, 0.1) is 6.92 Å². The first kappa shape index (κ1) is 23.5. The zero-order chi connectivity index (χ0) is 23.8. The summed E-state index contributed by atoms with van der Waals surface area (Å²) in [5.74, 6) is 1.36. The molecule has 0 fully saturated rings. The van der Waals surface area contributed by atoms with E-state index in [0.717, 1.165) is 59.1 Å². The van der Waals surface area contributed by atoms with Gasteiger partial charge >= 0.3 is 0 Å². The lowest BCUT2D eigenvalue weighted by atomic mass is 10.1. The van der Waals surface area contributed by atoms with E-state index in [2.05, 4.69) is 43.0 Å². The maximum Gasteiger partial charge on any atom is 0.227 e. The fourth-order valence-electron chi connectivity index (χ4n) is 3.54. The molecule has 4 aromatic rings. The van der Waals surface area contributed by atoms with Gasteiger partial charge in [0.2, 0.25) is 5.95 Å². The molecular weight excluding hydrogens is 446 g/mol. The van der Waals surface area contributed by atoms with E-state index in [0.29, 0.717) is 17.5 Å². The van der Waals surface area contributed by atoms with Gasteiger partial charge in [0.15, 0.2) is 0 Å². The Morgan fingerprint density at radius 3 is 2.47 bits per heavy atom. The minimum atomic E-state index is 0.510. The normalized spacial score (nSPS) is 10.7. The number of hydrogen-bond donors (Lipinski definition) is 4. The van der Waals surface area contributed by atoms with Gasteiger partial charge in [-0.15, -0.1) is 0 Å². The van der Waals surface area contributed by atoms with Crippen LogP contribution >= 0.6 is 11.6 Å². The largest absolute Gasteiger partial charge is 0.385 e. The lowest BCUT2D eigenvalue weighted by Crippen LogP contribution is -2.11. The van der Waals surface area contributed by atoms with Crippen molar-refractivity contribution in [2.75, 3.05) is 29.0 Å². The second kappa shape index (κ2) is 11.4. The van der Waals surface area contributed by atoms with Gasteiger partial charge in [-0.1, -0.05) is 29.8 Å². The van der Waals surface area contributed by atoms with Crippen LogP contribution in [0.3, 0.4) is 0 Å². The van der Waals surface area contributed by atoms with Crippen molar-refractivity contribution in [3.63, 3.8) is 0 Å². The average molecular weight is 474 g/mol. The minimum Gasteiger partial charge on any atom is -0.385 e. The van der Waals surface area contributed by atoms with Crippen molar-refractivity contribution in [2.24, 2.45) is 5.73 Å². The molecule has 5 N–H and O–H groups in total. The Morgan fingerprint density at radius 1 is 0.882 bits per heavy atom. The van der Waals surface area contributed by atoms with Crippen LogP contribution in [0.4, 0.5) is 23.1 Å². The second-order valence-corrected chi connectivity index (χ2v) is 8.28. The molecular formula is C26H28ClN7. The predicted molar refractivity (Wildman–Crippen MR) is 141 cm³/mol. The van der Waals surface area contributed by atoms with Crippen LogP contribution in [0.25, 0.3) is 11.3 Å². The van der Waals surface area contributed by atoms with Crippen molar-refractivity contribution >= 4 is 34.7 Å². The first-order chi connectivity index (χ1) is 16.6. The molecule has 2 aromatic carbocycles. The van der Waals surface area contributed by atoms with E-state index in [9.17, 15) is 0 Å². The monoisotopic (exact) mass is 473 g/mol. The molecule has 2 heterocycles. The van der Waals surface area contributed by atoms with Gasteiger partial charge in [0.1, 0.15) is 5.82 Å². The third-order valence-corrected chi connectivity index (χ3v) is 5.62. The van der Waals surface area contributed by atoms with E-state index in [-0.39, 0.29) is 0 Å². The standard InChI is InChI=1S/C26H28ClN7/c1-18-23(24-11-15-32-26(34-24)33-22-5-2-4-20(27)16-22)10-14-31-25(18)30-13-3-12-29-21-8-6-19(17-28)7-9-21/h2,4-11,14-16,29H,3,12-13,17,28H2,1H3,(H,30,31)(H,32,33,34). The molecule has 174 valence electrons. The average Bonchev–Trinajstić information content (AvgIpc) is 2.85. The van der Waals surface area contributed by atoms with Crippen LogP contribution in [-0.4, -0.2) is 28.0 Å². The second-order valence-electron chi connectivity index (χ2n) is 7.84. The highest BCUT2D eigenvalue weighted by molar-refractivity contribution is 6.30. The Bertz CT molecular complexity index is 1230. The number of aromatic nitrogens is 3. The molecule has 0 aliphatic rings. The SMILES string of the molecule is Cc1c(-c2ccnc(Nc3cccc(Cl)c3)n2)ccnc1NCCCNc1ccc(CN)cc1. The van der Waals surface area contributed by atoms with E-state index >= 15 is 0 Å². The summed E-state index contributed by atoms with van der Waals surface area (Å²) in [4.78, 5) is 13.5. The van der Waals surface area contributed by atoms with Crippen LogP contribution in [0.15, 0.2) is 73.1 Å². The molecule has 4 rings (SSSR count). The zero-order valence-electron chi connectivity index (χ0n) is 19.1. The summed E-state index contributed by atoms with van der Waals surface area (Å²) in [7, 11) is 0. The van der Waals surface area contributed by atoms with E-state index in [1.54, 1.807) is 12.4 Å². The van der Waals surface area contributed by atoms with Gasteiger partial charge < -0.3 is 21.7 Å². The van der Waals surface area contributed by atoms with Gasteiger partial charge in [-0.25, -0.2) is 15.0 Å². The number of nitrogens with one attached hydrogen (secondary N) is 3. The summed E-state index contributed by atoms with van der Waals surface area (Å²) in [6, 6.07) is 19.5. The number of rotatable bonds is 10. The van der Waals surface area contributed by atoms with E-state index < -0.39 is 0 Å². The molecule has 0 radical (unpaired) electrons. The Kier molecular flexibility index (Phi) is 7.91. The van der Waals surface area contributed by atoms with Crippen LogP contribution in [0.2, 0.25) is 5.02 Å². The smallest absolute Gasteiger partial charge is 0.227 e. The Hall–Kier alpha value is -3.68. The Labute approximate surface area is 204 Å². The number of nitrogens with zero attached hydrogens (tertiary/aromatic N) is 3. The molecule has 0 unspecified atom stereocenters. The lowest BCUT2D eigenvalue weighted by Gasteiger charge is -2.13. The number of pyridine rings is 1. The number of benzene rings is 2. The van der Waals surface area contributed by atoms with Gasteiger partial charge in [0, 0.05) is 59.6 Å². The first-order valence-corrected chi connectivity index (χ1v) is 11.6. The molecule has 0 saturated heterocycles. The Morgan fingerprint density at radius 2 is 1.68 bits per heavy atom. The molecule has 34 heavy (non-hydrogen) atoms. The van der Waals surface area contributed by atoms with Crippen molar-refractivity contribution in [1.82, 2.24) is 15.0 Å². The van der Waals surface area contributed by atoms with Crippen LogP contribution in [0.5, 0.6) is 0 Å². The van der Waals surface area contributed by atoms with Gasteiger partial charge in [-0.3, -0.25) is 0 Å². The van der Waals surface area contributed by atoms with Crippen molar-refractivity contribution in [3.8, 4) is 11.3 Å². The quantitative estimate of drug-likeness (QED) is 0.222. The number of hydrogen-bond acceptors (Lipinski definition) is 7. The van der Waals surface area contributed by atoms with Crippen LogP contribution < -0.4 is 21.7 Å². The van der Waals surface area contributed by atoms with Gasteiger partial charge in [-0.2, -0.15) is 0 Å². The van der Waals surface area contributed by atoms with Crippen LogP contribution in [-0.2, 0) is 6.54 Å². The highest BCUT2D eigenvalue weighted by Gasteiger charge is 2.10. The third kappa shape index (κ3) is 6.21. The molecule has 0 spiro atoms. The molecule has 0 aliphatic carbocycles. The van der Waals surface area contributed by atoms with E-state index in [1.807, 2.05) is 55.5 Å². The molecule has 0 bridgehead atoms. The van der Waals surface area contributed by atoms with Crippen molar-refractivity contribution in [2.45, 2.75) is 19.9 Å². The lowest BCUT2D eigenvalue weighted by molar-refractivity contribution is 0.902. The van der Waals surface area contributed by atoms with E-state index in [1.165, 1.54) is 0 Å². The number of halogens is 1. The minimum absolute atomic E-state index is 0.510. The summed E-state index contributed by atoms with van der Waals surface area (Å²) < 4.78 is 0. The predicted octanol–water partition coefficient (Wildman–Crippen LogP) is 5.62. The van der Waals surface area contributed by atoms with Gasteiger partial charge in [0.05, 0.1) is 5.69 Å². The summed E-state index contributed by atoms with van der Waals surface area (Å²) in [5, 5.41) is 10.7. The highest BCUT2D eigenvalue weighted by atomic mass is 35.5.